The van der Waals surface area contributed by atoms with Gasteiger partial charge < -0.3 is 10.6 Å². The fraction of sp³-hybridized carbons (Fsp3) is 0.409. The normalized spacial score (nSPS) is 12.3. The highest BCUT2D eigenvalue weighted by molar-refractivity contribution is 14.0. The van der Waals surface area contributed by atoms with E-state index in [9.17, 15) is 8.42 Å². The third-order valence-corrected chi connectivity index (χ3v) is 6.15. The standard InChI is InChI=1S/C22H31N3O2S.HI/c1-16-9-7-8-10-19(16)22(3,4)15-25-21(23-5)24-14-18-11-12-20(17(2)13-18)28(6,26)27;/h7-13H,14-15H2,1-6H3,(H2,23,24,25);1H. The summed E-state index contributed by atoms with van der Waals surface area (Å²) in [6, 6.07) is 13.8. The average Bonchev–Trinajstić information content (AvgIpc) is 2.61. The Hall–Kier alpha value is -1.61. The lowest BCUT2D eigenvalue weighted by Crippen LogP contribution is -2.43. The van der Waals surface area contributed by atoms with Gasteiger partial charge in [-0.1, -0.05) is 50.2 Å². The number of rotatable bonds is 6. The molecule has 0 aliphatic rings. The summed E-state index contributed by atoms with van der Waals surface area (Å²) < 4.78 is 23.5. The molecule has 7 heteroatoms. The Labute approximate surface area is 192 Å². The molecule has 0 saturated carbocycles. The lowest BCUT2D eigenvalue weighted by molar-refractivity contribution is 0.506. The van der Waals surface area contributed by atoms with Crippen LogP contribution in [0, 0.1) is 13.8 Å². The van der Waals surface area contributed by atoms with Gasteiger partial charge in [0, 0.05) is 31.8 Å². The molecular weight excluding hydrogens is 497 g/mol. The van der Waals surface area contributed by atoms with E-state index in [1.165, 1.54) is 17.4 Å². The molecule has 160 valence electrons. The lowest BCUT2D eigenvalue weighted by atomic mass is 9.82. The van der Waals surface area contributed by atoms with Crippen LogP contribution in [0.15, 0.2) is 52.4 Å². The van der Waals surface area contributed by atoms with E-state index in [2.05, 4.69) is 60.7 Å². The minimum atomic E-state index is -3.20. The van der Waals surface area contributed by atoms with Crippen molar-refractivity contribution in [3.63, 3.8) is 0 Å². The average molecular weight is 529 g/mol. The second-order valence-electron chi connectivity index (χ2n) is 7.85. The van der Waals surface area contributed by atoms with Crippen LogP contribution in [0.2, 0.25) is 0 Å². The number of aliphatic imine (C=N–C) groups is 1. The van der Waals surface area contributed by atoms with E-state index in [1.54, 1.807) is 13.1 Å². The van der Waals surface area contributed by atoms with Crippen molar-refractivity contribution in [2.45, 2.75) is 44.6 Å². The Balaban J connectivity index is 0.00000420. The lowest BCUT2D eigenvalue weighted by Gasteiger charge is -2.28. The number of nitrogens with one attached hydrogen (secondary N) is 2. The number of nitrogens with zero attached hydrogens (tertiary/aromatic N) is 1. The molecule has 0 spiro atoms. The number of sulfone groups is 1. The zero-order chi connectivity index (χ0) is 20.9. The van der Waals surface area contributed by atoms with Gasteiger partial charge in [0.2, 0.25) is 0 Å². The van der Waals surface area contributed by atoms with E-state index in [1.807, 2.05) is 19.1 Å². The van der Waals surface area contributed by atoms with Gasteiger partial charge in [-0.15, -0.1) is 24.0 Å². The third kappa shape index (κ3) is 6.99. The Kier molecular flexibility index (Phi) is 9.14. The molecule has 0 unspecified atom stereocenters. The molecule has 0 fully saturated rings. The fourth-order valence-corrected chi connectivity index (χ4v) is 4.34. The molecule has 2 aromatic rings. The summed E-state index contributed by atoms with van der Waals surface area (Å²) in [7, 11) is -1.45. The first-order valence-corrected chi connectivity index (χ1v) is 11.2. The Morgan fingerprint density at radius 1 is 1.03 bits per heavy atom. The smallest absolute Gasteiger partial charge is 0.191 e. The van der Waals surface area contributed by atoms with E-state index in [-0.39, 0.29) is 29.4 Å². The first-order valence-electron chi connectivity index (χ1n) is 9.35. The molecular formula is C22H32IN3O2S. The predicted octanol–water partition coefficient (Wildman–Crippen LogP) is 3.97. The van der Waals surface area contributed by atoms with Gasteiger partial charge in [-0.2, -0.15) is 0 Å². The van der Waals surface area contributed by atoms with Gasteiger partial charge >= 0.3 is 0 Å². The molecule has 2 N–H and O–H groups in total. The van der Waals surface area contributed by atoms with Crippen molar-refractivity contribution in [3.05, 3.63) is 64.7 Å². The monoisotopic (exact) mass is 529 g/mol. The van der Waals surface area contributed by atoms with E-state index < -0.39 is 9.84 Å². The minimum Gasteiger partial charge on any atom is -0.356 e. The van der Waals surface area contributed by atoms with Gasteiger partial charge in [0.25, 0.3) is 0 Å². The quantitative estimate of drug-likeness (QED) is 0.338. The molecule has 0 aromatic heterocycles. The molecule has 0 atom stereocenters. The highest BCUT2D eigenvalue weighted by Gasteiger charge is 2.22. The fourth-order valence-electron chi connectivity index (χ4n) is 3.38. The highest BCUT2D eigenvalue weighted by Crippen LogP contribution is 2.25. The van der Waals surface area contributed by atoms with Crippen molar-refractivity contribution < 1.29 is 8.42 Å². The number of benzene rings is 2. The summed E-state index contributed by atoms with van der Waals surface area (Å²) in [6.07, 6.45) is 1.23. The van der Waals surface area contributed by atoms with Gasteiger partial charge in [0.15, 0.2) is 15.8 Å². The van der Waals surface area contributed by atoms with Crippen molar-refractivity contribution in [1.82, 2.24) is 10.6 Å². The summed E-state index contributed by atoms with van der Waals surface area (Å²) in [4.78, 5) is 4.67. The van der Waals surface area contributed by atoms with E-state index in [4.69, 9.17) is 0 Å². The van der Waals surface area contributed by atoms with Crippen LogP contribution in [-0.2, 0) is 21.8 Å². The second kappa shape index (κ2) is 10.4. The molecule has 0 aliphatic carbocycles. The number of hydrogen-bond acceptors (Lipinski definition) is 3. The molecule has 2 aromatic carbocycles. The predicted molar refractivity (Wildman–Crippen MR) is 132 cm³/mol. The molecule has 0 bridgehead atoms. The molecule has 0 amide bonds. The van der Waals surface area contributed by atoms with Crippen LogP contribution >= 0.6 is 24.0 Å². The molecule has 0 radical (unpaired) electrons. The van der Waals surface area contributed by atoms with Crippen LogP contribution in [0.1, 0.15) is 36.1 Å². The van der Waals surface area contributed by atoms with Crippen molar-refractivity contribution in [3.8, 4) is 0 Å². The largest absolute Gasteiger partial charge is 0.356 e. The molecule has 2 rings (SSSR count). The number of halogens is 1. The van der Waals surface area contributed by atoms with Crippen LogP contribution in [0.3, 0.4) is 0 Å². The number of aryl methyl sites for hydroxylation is 2. The van der Waals surface area contributed by atoms with Crippen LogP contribution in [0.25, 0.3) is 0 Å². The molecule has 29 heavy (non-hydrogen) atoms. The van der Waals surface area contributed by atoms with Gasteiger partial charge in [0.05, 0.1) is 4.90 Å². The zero-order valence-corrected chi connectivity index (χ0v) is 21.2. The maximum atomic E-state index is 11.8. The van der Waals surface area contributed by atoms with Crippen molar-refractivity contribution in [2.24, 2.45) is 4.99 Å². The first kappa shape index (κ1) is 25.4. The summed E-state index contributed by atoms with van der Waals surface area (Å²) in [5, 5.41) is 6.70. The van der Waals surface area contributed by atoms with Gasteiger partial charge in [0.1, 0.15) is 0 Å². The van der Waals surface area contributed by atoms with E-state index >= 15 is 0 Å². The first-order chi connectivity index (χ1) is 13.0. The highest BCUT2D eigenvalue weighted by atomic mass is 127. The van der Waals surface area contributed by atoms with Crippen LogP contribution in [-0.4, -0.2) is 34.2 Å². The summed E-state index contributed by atoms with van der Waals surface area (Å²) in [6.45, 7) is 9.68. The molecule has 0 heterocycles. The Morgan fingerprint density at radius 2 is 1.69 bits per heavy atom. The second-order valence-corrected chi connectivity index (χ2v) is 9.83. The molecule has 0 aliphatic heterocycles. The maximum absolute atomic E-state index is 11.8. The van der Waals surface area contributed by atoms with Gasteiger partial charge in [-0.05, 0) is 42.2 Å². The topological polar surface area (TPSA) is 70.6 Å². The third-order valence-electron chi connectivity index (χ3n) is 4.89. The summed E-state index contributed by atoms with van der Waals surface area (Å²) in [5.41, 5.74) is 4.30. The summed E-state index contributed by atoms with van der Waals surface area (Å²) in [5.74, 6) is 0.714. The van der Waals surface area contributed by atoms with Crippen LogP contribution in [0.5, 0.6) is 0 Å². The Morgan fingerprint density at radius 3 is 2.24 bits per heavy atom. The molecule has 0 saturated heterocycles. The summed E-state index contributed by atoms with van der Waals surface area (Å²) >= 11 is 0. The van der Waals surface area contributed by atoms with E-state index in [0.29, 0.717) is 17.4 Å². The number of hydrogen-bond donors (Lipinski definition) is 2. The van der Waals surface area contributed by atoms with Gasteiger partial charge in [-0.25, -0.2) is 8.42 Å². The van der Waals surface area contributed by atoms with Gasteiger partial charge in [-0.3, -0.25) is 4.99 Å². The van der Waals surface area contributed by atoms with Crippen molar-refractivity contribution in [1.29, 1.82) is 0 Å². The van der Waals surface area contributed by atoms with Crippen LogP contribution in [0.4, 0.5) is 0 Å². The van der Waals surface area contributed by atoms with Crippen LogP contribution < -0.4 is 10.6 Å². The maximum Gasteiger partial charge on any atom is 0.191 e. The van der Waals surface area contributed by atoms with Crippen molar-refractivity contribution >= 4 is 39.8 Å². The SMILES string of the molecule is CN=C(NCc1ccc(S(C)(=O)=O)c(C)c1)NCC(C)(C)c1ccccc1C.I. The number of guanidine groups is 1. The van der Waals surface area contributed by atoms with E-state index in [0.717, 1.165) is 17.7 Å². The minimum absolute atomic E-state index is 0. The Bertz CT molecular complexity index is 970. The van der Waals surface area contributed by atoms with Crippen molar-refractivity contribution in [2.75, 3.05) is 19.8 Å². The zero-order valence-electron chi connectivity index (χ0n) is 18.0. The molecule has 5 nitrogen and oxygen atoms in total.